The van der Waals surface area contributed by atoms with E-state index in [1.807, 2.05) is 54.6 Å². The lowest BCUT2D eigenvalue weighted by Crippen LogP contribution is -2.32. The van der Waals surface area contributed by atoms with E-state index in [0.29, 0.717) is 29.6 Å². The number of ether oxygens (including phenoxy) is 1. The van der Waals surface area contributed by atoms with Crippen LogP contribution >= 0.6 is 0 Å². The molecule has 0 bridgehead atoms. The molecule has 0 unspecified atom stereocenters. The lowest BCUT2D eigenvalue weighted by molar-refractivity contribution is -0.123. The third-order valence-corrected chi connectivity index (χ3v) is 5.59. The Morgan fingerprint density at radius 2 is 1.60 bits per heavy atom. The van der Waals surface area contributed by atoms with Crippen LogP contribution in [0.3, 0.4) is 0 Å². The third-order valence-electron chi connectivity index (χ3n) is 5.59. The van der Waals surface area contributed by atoms with E-state index in [2.05, 4.69) is 51.6 Å². The fourth-order valence-electron chi connectivity index (χ4n) is 3.71. The standard InChI is InChI=1S/C28H30N4O3/c1-2-32(20-22-12-5-3-6-13-22)19-11-18-29-26(33)21-34-25-17-10-9-16-24(25)28-31-30-27(35-28)23-14-7-4-8-15-23/h3-10,12-17H,2,11,18-21H2,1H3,(H,29,33). The molecule has 0 saturated carbocycles. The zero-order valence-corrected chi connectivity index (χ0v) is 19.9. The van der Waals surface area contributed by atoms with Crippen molar-refractivity contribution in [3.05, 3.63) is 90.5 Å². The predicted molar refractivity (Wildman–Crippen MR) is 136 cm³/mol. The van der Waals surface area contributed by atoms with Crippen LogP contribution in [0.25, 0.3) is 22.9 Å². The van der Waals surface area contributed by atoms with Crippen LogP contribution in [-0.2, 0) is 11.3 Å². The Kier molecular flexibility index (Phi) is 8.62. The molecule has 1 aromatic heterocycles. The molecule has 1 amide bonds. The van der Waals surface area contributed by atoms with Crippen LogP contribution < -0.4 is 10.1 Å². The van der Waals surface area contributed by atoms with Crippen molar-refractivity contribution in [1.82, 2.24) is 20.4 Å². The van der Waals surface area contributed by atoms with Gasteiger partial charge in [-0.05, 0) is 42.8 Å². The minimum Gasteiger partial charge on any atom is -0.483 e. The summed E-state index contributed by atoms with van der Waals surface area (Å²) in [6, 6.07) is 27.3. The number of hydrogen-bond donors (Lipinski definition) is 1. The summed E-state index contributed by atoms with van der Waals surface area (Å²) in [7, 11) is 0. The van der Waals surface area contributed by atoms with E-state index in [1.54, 1.807) is 6.07 Å². The highest BCUT2D eigenvalue weighted by molar-refractivity contribution is 5.78. The molecular formula is C28H30N4O3. The molecule has 0 aliphatic carbocycles. The topological polar surface area (TPSA) is 80.5 Å². The molecule has 4 rings (SSSR count). The van der Waals surface area contributed by atoms with Gasteiger partial charge in [-0.25, -0.2) is 0 Å². The van der Waals surface area contributed by atoms with E-state index < -0.39 is 0 Å². The van der Waals surface area contributed by atoms with Crippen molar-refractivity contribution in [2.24, 2.45) is 0 Å². The number of hydrogen-bond acceptors (Lipinski definition) is 6. The minimum absolute atomic E-state index is 0.0851. The zero-order chi connectivity index (χ0) is 24.3. The summed E-state index contributed by atoms with van der Waals surface area (Å²) in [6.45, 7) is 5.45. The number of nitrogens with one attached hydrogen (secondary N) is 1. The van der Waals surface area contributed by atoms with Gasteiger partial charge in [0, 0.05) is 25.2 Å². The van der Waals surface area contributed by atoms with Gasteiger partial charge in [0.05, 0.1) is 5.56 Å². The van der Waals surface area contributed by atoms with Crippen LogP contribution in [0.2, 0.25) is 0 Å². The number of amides is 1. The van der Waals surface area contributed by atoms with E-state index in [0.717, 1.165) is 31.6 Å². The molecule has 4 aromatic rings. The third kappa shape index (κ3) is 7.01. The molecule has 0 aliphatic rings. The second kappa shape index (κ2) is 12.5. The summed E-state index contributed by atoms with van der Waals surface area (Å²) in [5, 5.41) is 11.2. The monoisotopic (exact) mass is 470 g/mol. The normalized spacial score (nSPS) is 10.9. The summed E-state index contributed by atoms with van der Waals surface area (Å²) in [4.78, 5) is 14.7. The number of carbonyl (C=O) groups excluding carboxylic acids is 1. The summed E-state index contributed by atoms with van der Waals surface area (Å²) in [5.74, 6) is 1.13. The van der Waals surface area contributed by atoms with Gasteiger partial charge in [0.25, 0.3) is 11.8 Å². The van der Waals surface area contributed by atoms with Gasteiger partial charge in [0.15, 0.2) is 6.61 Å². The van der Waals surface area contributed by atoms with Crippen LogP contribution in [0.15, 0.2) is 89.3 Å². The predicted octanol–water partition coefficient (Wildman–Crippen LogP) is 4.81. The van der Waals surface area contributed by atoms with Crippen molar-refractivity contribution < 1.29 is 13.9 Å². The van der Waals surface area contributed by atoms with E-state index in [4.69, 9.17) is 9.15 Å². The Hall–Kier alpha value is -3.97. The highest BCUT2D eigenvalue weighted by Crippen LogP contribution is 2.30. The maximum absolute atomic E-state index is 12.4. The van der Waals surface area contributed by atoms with Gasteiger partial charge in [0.2, 0.25) is 5.89 Å². The van der Waals surface area contributed by atoms with Crippen molar-refractivity contribution >= 4 is 5.91 Å². The minimum atomic E-state index is -0.165. The Balaban J connectivity index is 1.25. The van der Waals surface area contributed by atoms with Crippen molar-refractivity contribution in [3.63, 3.8) is 0 Å². The van der Waals surface area contributed by atoms with Gasteiger partial charge < -0.3 is 14.5 Å². The van der Waals surface area contributed by atoms with Gasteiger partial charge in [-0.3, -0.25) is 9.69 Å². The van der Waals surface area contributed by atoms with Crippen LogP contribution in [-0.4, -0.2) is 47.2 Å². The average molecular weight is 471 g/mol. The second-order valence-corrected chi connectivity index (χ2v) is 8.12. The number of para-hydroxylation sites is 1. The first-order valence-electron chi connectivity index (χ1n) is 11.9. The summed E-state index contributed by atoms with van der Waals surface area (Å²) >= 11 is 0. The molecule has 1 N–H and O–H groups in total. The van der Waals surface area contributed by atoms with E-state index in [1.165, 1.54) is 5.56 Å². The van der Waals surface area contributed by atoms with Crippen molar-refractivity contribution in [3.8, 4) is 28.7 Å². The van der Waals surface area contributed by atoms with Gasteiger partial charge in [0.1, 0.15) is 5.75 Å². The molecular weight excluding hydrogens is 440 g/mol. The van der Waals surface area contributed by atoms with Crippen molar-refractivity contribution in [1.29, 1.82) is 0 Å². The number of aromatic nitrogens is 2. The Labute approximate surface area is 205 Å². The lowest BCUT2D eigenvalue weighted by Gasteiger charge is -2.20. The fraction of sp³-hybridized carbons (Fsp3) is 0.250. The van der Waals surface area contributed by atoms with Gasteiger partial charge >= 0.3 is 0 Å². The molecule has 7 nitrogen and oxygen atoms in total. The fourth-order valence-corrected chi connectivity index (χ4v) is 3.71. The Morgan fingerprint density at radius 1 is 0.914 bits per heavy atom. The second-order valence-electron chi connectivity index (χ2n) is 8.12. The number of carbonyl (C=O) groups is 1. The SMILES string of the molecule is CCN(CCCNC(=O)COc1ccccc1-c1nnc(-c2ccccc2)o1)Cc1ccccc1. The Bertz CT molecular complexity index is 1200. The maximum Gasteiger partial charge on any atom is 0.257 e. The molecule has 0 spiro atoms. The molecule has 0 aliphatic heterocycles. The highest BCUT2D eigenvalue weighted by atomic mass is 16.5. The van der Waals surface area contributed by atoms with E-state index in [-0.39, 0.29) is 12.5 Å². The summed E-state index contributed by atoms with van der Waals surface area (Å²) in [6.07, 6.45) is 0.868. The zero-order valence-electron chi connectivity index (χ0n) is 19.9. The molecule has 7 heteroatoms. The first-order valence-corrected chi connectivity index (χ1v) is 11.9. The smallest absolute Gasteiger partial charge is 0.257 e. The average Bonchev–Trinajstić information content (AvgIpc) is 3.41. The molecule has 0 radical (unpaired) electrons. The first-order chi connectivity index (χ1) is 17.2. The maximum atomic E-state index is 12.4. The van der Waals surface area contributed by atoms with Gasteiger partial charge in [-0.2, -0.15) is 0 Å². The molecule has 0 atom stereocenters. The number of benzene rings is 3. The Morgan fingerprint density at radius 3 is 2.37 bits per heavy atom. The first kappa shape index (κ1) is 24.2. The van der Waals surface area contributed by atoms with E-state index in [9.17, 15) is 4.79 Å². The van der Waals surface area contributed by atoms with Crippen LogP contribution in [0.4, 0.5) is 0 Å². The quantitative estimate of drug-likeness (QED) is 0.299. The molecule has 0 saturated heterocycles. The highest BCUT2D eigenvalue weighted by Gasteiger charge is 2.15. The number of rotatable bonds is 12. The lowest BCUT2D eigenvalue weighted by atomic mass is 10.2. The van der Waals surface area contributed by atoms with Gasteiger partial charge in [-0.1, -0.05) is 67.6 Å². The van der Waals surface area contributed by atoms with Crippen LogP contribution in [0, 0.1) is 0 Å². The molecule has 180 valence electrons. The largest absolute Gasteiger partial charge is 0.483 e. The molecule has 1 heterocycles. The van der Waals surface area contributed by atoms with Gasteiger partial charge in [-0.15, -0.1) is 10.2 Å². The van der Waals surface area contributed by atoms with Crippen LogP contribution in [0.5, 0.6) is 5.75 Å². The van der Waals surface area contributed by atoms with Crippen molar-refractivity contribution in [2.45, 2.75) is 19.9 Å². The molecule has 0 fully saturated rings. The van der Waals surface area contributed by atoms with E-state index >= 15 is 0 Å². The molecule has 3 aromatic carbocycles. The molecule has 35 heavy (non-hydrogen) atoms. The number of nitrogens with zero attached hydrogens (tertiary/aromatic N) is 3. The summed E-state index contributed by atoms with van der Waals surface area (Å²) in [5.41, 5.74) is 2.78. The summed E-state index contributed by atoms with van der Waals surface area (Å²) < 4.78 is 11.6. The van der Waals surface area contributed by atoms with Crippen molar-refractivity contribution in [2.75, 3.05) is 26.2 Å². The van der Waals surface area contributed by atoms with Crippen LogP contribution in [0.1, 0.15) is 18.9 Å².